The number of pyridine rings is 1. The molecule has 144 valence electrons. The van der Waals surface area contributed by atoms with E-state index in [0.29, 0.717) is 23.6 Å². The van der Waals surface area contributed by atoms with Crippen LogP contribution in [0.5, 0.6) is 11.5 Å². The van der Waals surface area contributed by atoms with Crippen molar-refractivity contribution in [3.8, 4) is 11.5 Å². The second-order valence-corrected chi connectivity index (χ2v) is 6.13. The second-order valence-electron chi connectivity index (χ2n) is 6.13. The Labute approximate surface area is 159 Å². The van der Waals surface area contributed by atoms with Crippen LogP contribution in [0.4, 0.5) is 5.69 Å². The van der Waals surface area contributed by atoms with Gasteiger partial charge in [-0.15, -0.1) is 0 Å². The molecule has 0 saturated heterocycles. The van der Waals surface area contributed by atoms with Gasteiger partial charge in [0.1, 0.15) is 17.2 Å². The van der Waals surface area contributed by atoms with Crippen LogP contribution in [0.1, 0.15) is 49.4 Å². The van der Waals surface area contributed by atoms with E-state index >= 15 is 0 Å². The van der Waals surface area contributed by atoms with Crippen molar-refractivity contribution in [1.82, 2.24) is 4.98 Å². The van der Waals surface area contributed by atoms with Crippen molar-refractivity contribution in [2.45, 2.75) is 39.0 Å². The summed E-state index contributed by atoms with van der Waals surface area (Å²) in [4.78, 5) is 28.3. The van der Waals surface area contributed by atoms with Crippen LogP contribution in [-0.2, 0) is 4.79 Å². The van der Waals surface area contributed by atoms with Crippen LogP contribution in [0.25, 0.3) is 0 Å². The molecule has 6 heteroatoms. The maximum absolute atomic E-state index is 12.3. The second kappa shape index (κ2) is 11.0. The number of carbonyl (C=O) groups excluding carboxylic acids is 2. The largest absolute Gasteiger partial charge is 0.494 e. The van der Waals surface area contributed by atoms with E-state index in [4.69, 9.17) is 9.47 Å². The van der Waals surface area contributed by atoms with Crippen molar-refractivity contribution in [2.75, 3.05) is 19.0 Å². The Morgan fingerprint density at radius 1 is 1.07 bits per heavy atom. The quantitative estimate of drug-likeness (QED) is 0.472. The van der Waals surface area contributed by atoms with Crippen molar-refractivity contribution in [3.05, 3.63) is 48.3 Å². The summed E-state index contributed by atoms with van der Waals surface area (Å²) in [6.45, 7) is 2.83. The third-order valence-corrected chi connectivity index (χ3v) is 4.05. The molecule has 0 fully saturated rings. The topological polar surface area (TPSA) is 77.5 Å². The van der Waals surface area contributed by atoms with Crippen LogP contribution in [0.2, 0.25) is 0 Å². The molecule has 27 heavy (non-hydrogen) atoms. The Kier molecular flexibility index (Phi) is 8.29. The van der Waals surface area contributed by atoms with Gasteiger partial charge in [-0.05, 0) is 30.7 Å². The normalized spacial score (nSPS) is 10.3. The number of ether oxygens (including phenoxy) is 2. The number of aromatic nitrogens is 1. The number of hydrogen-bond donors (Lipinski definition) is 1. The van der Waals surface area contributed by atoms with Crippen LogP contribution >= 0.6 is 0 Å². The number of amides is 1. The molecule has 1 aromatic heterocycles. The first-order valence-electron chi connectivity index (χ1n) is 9.18. The third-order valence-electron chi connectivity index (χ3n) is 4.05. The Bertz CT molecular complexity index is 744. The monoisotopic (exact) mass is 370 g/mol. The number of hydrogen-bond acceptors (Lipinski definition) is 5. The summed E-state index contributed by atoms with van der Waals surface area (Å²) in [6, 6.07) is 8.71. The van der Waals surface area contributed by atoms with Crippen molar-refractivity contribution >= 4 is 17.4 Å². The Hall–Kier alpha value is -2.89. The Morgan fingerprint density at radius 3 is 2.56 bits per heavy atom. The average Bonchev–Trinajstić information content (AvgIpc) is 2.70. The van der Waals surface area contributed by atoms with Gasteiger partial charge in [-0.3, -0.25) is 14.6 Å². The van der Waals surface area contributed by atoms with Crippen LogP contribution < -0.4 is 14.8 Å². The Morgan fingerprint density at radius 2 is 1.85 bits per heavy atom. The smallest absolute Gasteiger partial charge is 0.224 e. The Balaban J connectivity index is 1.80. The molecular formula is C21H26N2O4. The number of benzene rings is 1. The summed E-state index contributed by atoms with van der Waals surface area (Å²) >= 11 is 0. The molecule has 2 aromatic rings. The van der Waals surface area contributed by atoms with Crippen LogP contribution in [0, 0.1) is 0 Å². The first kappa shape index (κ1) is 20.4. The fourth-order valence-electron chi connectivity index (χ4n) is 2.52. The van der Waals surface area contributed by atoms with Crippen LogP contribution in [0.3, 0.4) is 0 Å². The van der Waals surface area contributed by atoms with Crippen LogP contribution in [0.15, 0.2) is 42.7 Å². The number of carbonyl (C=O) groups is 2. The summed E-state index contributed by atoms with van der Waals surface area (Å²) in [6.07, 6.45) is 6.62. The molecule has 6 nitrogen and oxygen atoms in total. The number of nitrogens with one attached hydrogen (secondary N) is 1. The lowest BCUT2D eigenvalue weighted by Gasteiger charge is -2.09. The lowest BCUT2D eigenvalue weighted by Crippen LogP contribution is -2.14. The van der Waals surface area contributed by atoms with E-state index in [0.717, 1.165) is 25.0 Å². The highest BCUT2D eigenvalue weighted by Gasteiger charge is 2.12. The summed E-state index contributed by atoms with van der Waals surface area (Å²) in [5, 5.41) is 2.71. The van der Waals surface area contributed by atoms with Gasteiger partial charge >= 0.3 is 0 Å². The average molecular weight is 370 g/mol. The van der Waals surface area contributed by atoms with Gasteiger partial charge in [0.05, 0.1) is 19.9 Å². The van der Waals surface area contributed by atoms with Gasteiger partial charge in [-0.2, -0.15) is 0 Å². The van der Waals surface area contributed by atoms with Gasteiger partial charge in [0.15, 0.2) is 5.78 Å². The van der Waals surface area contributed by atoms with Gasteiger partial charge < -0.3 is 14.8 Å². The highest BCUT2D eigenvalue weighted by Crippen LogP contribution is 2.22. The first-order chi connectivity index (χ1) is 13.1. The number of methoxy groups -OCH3 is 1. The summed E-state index contributed by atoms with van der Waals surface area (Å²) < 4.78 is 10.8. The molecule has 0 unspecified atom stereocenters. The highest BCUT2D eigenvalue weighted by molar-refractivity contribution is 6.00. The number of rotatable bonds is 11. The number of ketones is 1. The van der Waals surface area contributed by atoms with E-state index < -0.39 is 0 Å². The first-order valence-corrected chi connectivity index (χ1v) is 9.18. The molecule has 1 heterocycles. The lowest BCUT2D eigenvalue weighted by atomic mass is 10.1. The van der Waals surface area contributed by atoms with Gasteiger partial charge in [0.2, 0.25) is 5.91 Å². The summed E-state index contributed by atoms with van der Waals surface area (Å²) in [7, 11) is 1.52. The molecule has 0 aliphatic rings. The molecule has 1 N–H and O–H groups in total. The zero-order chi connectivity index (χ0) is 19.5. The van der Waals surface area contributed by atoms with Gasteiger partial charge in [-0.1, -0.05) is 19.8 Å². The van der Waals surface area contributed by atoms with Gasteiger partial charge in [0, 0.05) is 30.7 Å². The molecule has 0 aliphatic carbocycles. The molecule has 0 aliphatic heterocycles. The van der Waals surface area contributed by atoms with Crippen molar-refractivity contribution in [1.29, 1.82) is 0 Å². The number of anilines is 1. The van der Waals surface area contributed by atoms with E-state index in [1.54, 1.807) is 36.5 Å². The van der Waals surface area contributed by atoms with Crippen molar-refractivity contribution in [3.63, 3.8) is 0 Å². The predicted octanol–water partition coefficient (Wildman–Crippen LogP) is 4.26. The maximum atomic E-state index is 12.3. The third kappa shape index (κ3) is 6.73. The minimum absolute atomic E-state index is 0.0826. The lowest BCUT2D eigenvalue weighted by molar-refractivity contribution is -0.116. The van der Waals surface area contributed by atoms with Crippen molar-refractivity contribution in [2.24, 2.45) is 0 Å². The number of nitrogens with zero attached hydrogens (tertiary/aromatic N) is 1. The molecular weight excluding hydrogens is 344 g/mol. The SMILES string of the molecule is CCCCCOc1ccc(C(=O)CCC(=O)Nc2cnccc2OC)cc1. The molecule has 2 rings (SSSR count). The molecule has 0 spiro atoms. The highest BCUT2D eigenvalue weighted by atomic mass is 16.5. The molecule has 0 radical (unpaired) electrons. The van der Waals surface area contributed by atoms with E-state index in [1.165, 1.54) is 13.3 Å². The fraction of sp³-hybridized carbons (Fsp3) is 0.381. The predicted molar refractivity (Wildman–Crippen MR) is 104 cm³/mol. The standard InChI is InChI=1S/C21H26N2O4/c1-3-4-5-14-27-17-8-6-16(7-9-17)19(24)10-11-21(25)23-18-15-22-13-12-20(18)26-2/h6-9,12-13,15H,3-5,10-11,14H2,1-2H3,(H,23,25). The zero-order valence-electron chi connectivity index (χ0n) is 15.9. The summed E-state index contributed by atoms with van der Waals surface area (Å²) in [5.41, 5.74) is 1.06. The van der Waals surface area contributed by atoms with E-state index in [2.05, 4.69) is 17.2 Å². The minimum Gasteiger partial charge on any atom is -0.494 e. The zero-order valence-corrected chi connectivity index (χ0v) is 15.9. The molecule has 0 saturated carbocycles. The van der Waals surface area contributed by atoms with E-state index in [9.17, 15) is 9.59 Å². The molecule has 0 atom stereocenters. The molecule has 1 amide bonds. The molecule has 0 bridgehead atoms. The summed E-state index contributed by atoms with van der Waals surface area (Å²) in [5.74, 6) is 0.939. The molecule has 1 aromatic carbocycles. The van der Waals surface area contributed by atoms with Crippen LogP contribution in [-0.4, -0.2) is 30.4 Å². The number of unbranched alkanes of at least 4 members (excludes halogenated alkanes) is 2. The fourth-order valence-corrected chi connectivity index (χ4v) is 2.52. The van der Waals surface area contributed by atoms with E-state index in [-0.39, 0.29) is 24.5 Å². The van der Waals surface area contributed by atoms with E-state index in [1.807, 2.05) is 0 Å². The maximum Gasteiger partial charge on any atom is 0.224 e. The van der Waals surface area contributed by atoms with Gasteiger partial charge in [0.25, 0.3) is 0 Å². The number of Topliss-reactive ketones (excluding diaryl/α,β-unsaturated/α-hetero) is 1. The van der Waals surface area contributed by atoms with Gasteiger partial charge in [-0.25, -0.2) is 0 Å². The minimum atomic E-state index is -0.259. The van der Waals surface area contributed by atoms with Crippen molar-refractivity contribution < 1.29 is 19.1 Å².